The summed E-state index contributed by atoms with van der Waals surface area (Å²) in [5, 5.41) is 3.39. The highest BCUT2D eigenvalue weighted by Crippen LogP contribution is 2.18. The number of aryl methyl sites for hydroxylation is 1. The van der Waals surface area contributed by atoms with E-state index in [1.54, 1.807) is 0 Å². The highest BCUT2D eigenvalue weighted by Gasteiger charge is 2.19. The Morgan fingerprint density at radius 2 is 1.88 bits per heavy atom. The molecule has 2 heteroatoms. The maximum Gasteiger partial charge on any atom is 0.00712 e. The van der Waals surface area contributed by atoms with Gasteiger partial charge in [-0.25, -0.2) is 0 Å². The topological polar surface area (TPSA) is 38.0 Å². The zero-order valence-corrected chi connectivity index (χ0v) is 9.86. The van der Waals surface area contributed by atoms with E-state index < -0.39 is 0 Å². The minimum absolute atomic E-state index is 0.377. The van der Waals surface area contributed by atoms with Crippen molar-refractivity contribution in [3.05, 3.63) is 35.9 Å². The van der Waals surface area contributed by atoms with Crippen LogP contribution in [0.1, 0.15) is 24.8 Å². The molecule has 1 aromatic rings. The fourth-order valence-corrected chi connectivity index (χ4v) is 2.49. The molecule has 1 aromatic carbocycles. The van der Waals surface area contributed by atoms with Crippen LogP contribution >= 0.6 is 0 Å². The third-order valence-corrected chi connectivity index (χ3v) is 3.60. The van der Waals surface area contributed by atoms with Crippen molar-refractivity contribution >= 4 is 0 Å². The molecular formula is C14H22N2. The van der Waals surface area contributed by atoms with E-state index in [1.165, 1.54) is 18.4 Å². The van der Waals surface area contributed by atoms with Crippen molar-refractivity contribution < 1.29 is 0 Å². The fourth-order valence-electron chi connectivity index (χ4n) is 2.49. The van der Waals surface area contributed by atoms with Crippen LogP contribution in [0.5, 0.6) is 0 Å². The average molecular weight is 218 g/mol. The summed E-state index contributed by atoms with van der Waals surface area (Å²) in [4.78, 5) is 0. The van der Waals surface area contributed by atoms with E-state index in [0.717, 1.165) is 31.8 Å². The molecule has 0 amide bonds. The van der Waals surface area contributed by atoms with Gasteiger partial charge < -0.3 is 11.1 Å². The molecule has 0 aliphatic carbocycles. The molecule has 1 aliphatic heterocycles. The molecule has 2 rings (SSSR count). The van der Waals surface area contributed by atoms with Gasteiger partial charge in [0.05, 0.1) is 0 Å². The van der Waals surface area contributed by atoms with Gasteiger partial charge in [0, 0.05) is 6.04 Å². The largest absolute Gasteiger partial charge is 0.327 e. The molecule has 16 heavy (non-hydrogen) atoms. The minimum atomic E-state index is 0.377. The molecular weight excluding hydrogens is 196 g/mol. The van der Waals surface area contributed by atoms with Gasteiger partial charge in [-0.2, -0.15) is 0 Å². The van der Waals surface area contributed by atoms with E-state index in [-0.39, 0.29) is 0 Å². The number of rotatable bonds is 4. The van der Waals surface area contributed by atoms with Gasteiger partial charge in [-0.3, -0.25) is 0 Å². The van der Waals surface area contributed by atoms with Crippen LogP contribution in [0.15, 0.2) is 30.3 Å². The Labute approximate surface area is 98.2 Å². The zero-order valence-electron chi connectivity index (χ0n) is 9.86. The number of hydrogen-bond acceptors (Lipinski definition) is 2. The summed E-state index contributed by atoms with van der Waals surface area (Å²) >= 11 is 0. The van der Waals surface area contributed by atoms with Gasteiger partial charge in [0.1, 0.15) is 0 Å². The SMILES string of the molecule is NC(CCc1ccccc1)C1CCNCC1. The van der Waals surface area contributed by atoms with Crippen molar-refractivity contribution in [2.45, 2.75) is 31.7 Å². The molecule has 1 heterocycles. The summed E-state index contributed by atoms with van der Waals surface area (Å²) < 4.78 is 0. The van der Waals surface area contributed by atoms with Crippen LogP contribution in [0.2, 0.25) is 0 Å². The normalized spacial score (nSPS) is 19.6. The highest BCUT2D eigenvalue weighted by molar-refractivity contribution is 5.14. The molecule has 0 spiro atoms. The number of hydrogen-bond donors (Lipinski definition) is 2. The Balaban J connectivity index is 1.76. The number of nitrogens with two attached hydrogens (primary N) is 1. The lowest BCUT2D eigenvalue weighted by atomic mass is 9.87. The Morgan fingerprint density at radius 1 is 1.19 bits per heavy atom. The summed E-state index contributed by atoms with van der Waals surface area (Å²) in [6, 6.07) is 11.0. The molecule has 2 nitrogen and oxygen atoms in total. The van der Waals surface area contributed by atoms with E-state index in [2.05, 4.69) is 35.6 Å². The Kier molecular flexibility index (Phi) is 4.37. The Bertz CT molecular complexity index is 291. The van der Waals surface area contributed by atoms with E-state index in [0.29, 0.717) is 6.04 Å². The van der Waals surface area contributed by atoms with E-state index >= 15 is 0 Å². The molecule has 0 aromatic heterocycles. The van der Waals surface area contributed by atoms with Crippen molar-refractivity contribution in [3.8, 4) is 0 Å². The van der Waals surface area contributed by atoms with Crippen LogP contribution in [0.4, 0.5) is 0 Å². The summed E-state index contributed by atoms with van der Waals surface area (Å²) in [7, 11) is 0. The van der Waals surface area contributed by atoms with E-state index in [9.17, 15) is 0 Å². The monoisotopic (exact) mass is 218 g/mol. The van der Waals surface area contributed by atoms with Crippen LogP contribution in [0, 0.1) is 5.92 Å². The Hall–Kier alpha value is -0.860. The Morgan fingerprint density at radius 3 is 2.56 bits per heavy atom. The van der Waals surface area contributed by atoms with E-state index in [4.69, 9.17) is 5.73 Å². The third-order valence-electron chi connectivity index (χ3n) is 3.60. The molecule has 1 saturated heterocycles. The van der Waals surface area contributed by atoms with Gasteiger partial charge in [-0.05, 0) is 50.3 Å². The second kappa shape index (κ2) is 6.02. The van der Waals surface area contributed by atoms with Crippen molar-refractivity contribution in [3.63, 3.8) is 0 Å². The summed E-state index contributed by atoms with van der Waals surface area (Å²) in [6.45, 7) is 2.29. The zero-order chi connectivity index (χ0) is 11.2. The minimum Gasteiger partial charge on any atom is -0.327 e. The van der Waals surface area contributed by atoms with Crippen molar-refractivity contribution in [2.24, 2.45) is 11.7 Å². The second-order valence-corrected chi connectivity index (χ2v) is 4.78. The maximum atomic E-state index is 6.27. The van der Waals surface area contributed by atoms with Gasteiger partial charge in [0.2, 0.25) is 0 Å². The lowest BCUT2D eigenvalue weighted by Crippen LogP contribution is -2.38. The predicted molar refractivity (Wildman–Crippen MR) is 68.3 cm³/mol. The molecule has 1 aliphatic rings. The lowest BCUT2D eigenvalue weighted by molar-refractivity contribution is 0.307. The van der Waals surface area contributed by atoms with Crippen molar-refractivity contribution in [1.29, 1.82) is 0 Å². The molecule has 1 atom stereocenters. The van der Waals surface area contributed by atoms with Crippen molar-refractivity contribution in [1.82, 2.24) is 5.32 Å². The first kappa shape index (κ1) is 11.6. The lowest BCUT2D eigenvalue weighted by Gasteiger charge is -2.28. The molecule has 0 radical (unpaired) electrons. The molecule has 3 N–H and O–H groups in total. The molecule has 0 bridgehead atoms. The molecule has 1 unspecified atom stereocenters. The van der Waals surface area contributed by atoms with Crippen LogP contribution in [0.3, 0.4) is 0 Å². The fraction of sp³-hybridized carbons (Fsp3) is 0.571. The van der Waals surface area contributed by atoms with Crippen LogP contribution in [-0.4, -0.2) is 19.1 Å². The molecule has 0 saturated carbocycles. The second-order valence-electron chi connectivity index (χ2n) is 4.78. The smallest absolute Gasteiger partial charge is 0.00712 e. The van der Waals surface area contributed by atoms with Crippen LogP contribution < -0.4 is 11.1 Å². The average Bonchev–Trinajstić information content (AvgIpc) is 2.38. The first-order valence-electron chi connectivity index (χ1n) is 6.36. The molecule has 88 valence electrons. The first-order valence-corrected chi connectivity index (χ1v) is 6.36. The summed E-state index contributed by atoms with van der Waals surface area (Å²) in [5.41, 5.74) is 7.68. The number of nitrogens with one attached hydrogen (secondary N) is 1. The quantitative estimate of drug-likeness (QED) is 0.810. The van der Waals surface area contributed by atoms with E-state index in [1.807, 2.05) is 0 Å². The van der Waals surface area contributed by atoms with Crippen LogP contribution in [-0.2, 0) is 6.42 Å². The predicted octanol–water partition coefficient (Wildman–Crippen LogP) is 1.95. The summed E-state index contributed by atoms with van der Waals surface area (Å²) in [6.07, 6.45) is 4.73. The van der Waals surface area contributed by atoms with Gasteiger partial charge in [0.25, 0.3) is 0 Å². The number of piperidine rings is 1. The van der Waals surface area contributed by atoms with Gasteiger partial charge in [-0.1, -0.05) is 30.3 Å². The van der Waals surface area contributed by atoms with Gasteiger partial charge >= 0.3 is 0 Å². The van der Waals surface area contributed by atoms with Crippen LogP contribution in [0.25, 0.3) is 0 Å². The van der Waals surface area contributed by atoms with Crippen molar-refractivity contribution in [2.75, 3.05) is 13.1 Å². The molecule has 1 fully saturated rings. The standard InChI is InChI=1S/C14H22N2/c15-14(13-8-10-16-11-9-13)7-6-12-4-2-1-3-5-12/h1-5,13-14,16H,6-11,15H2. The first-order chi connectivity index (χ1) is 7.86. The summed E-state index contributed by atoms with van der Waals surface area (Å²) in [5.74, 6) is 0.727. The van der Waals surface area contributed by atoms with Gasteiger partial charge in [0.15, 0.2) is 0 Å². The highest BCUT2D eigenvalue weighted by atomic mass is 14.9. The number of benzene rings is 1. The maximum absolute atomic E-state index is 6.27. The van der Waals surface area contributed by atoms with Gasteiger partial charge in [-0.15, -0.1) is 0 Å². The third kappa shape index (κ3) is 3.32.